The van der Waals surface area contributed by atoms with E-state index in [4.69, 9.17) is 5.11 Å². The lowest BCUT2D eigenvalue weighted by Gasteiger charge is -2.36. The van der Waals surface area contributed by atoms with E-state index in [1.807, 2.05) is 0 Å². The summed E-state index contributed by atoms with van der Waals surface area (Å²) in [6, 6.07) is 1.75. The maximum Gasteiger partial charge on any atom is 0.433 e. The first-order valence-electron chi connectivity index (χ1n) is 7.77. The molecule has 0 spiro atoms. The van der Waals surface area contributed by atoms with Crippen molar-refractivity contribution in [3.63, 3.8) is 0 Å². The molecular formula is C16H19F3N2O3. The molecule has 0 unspecified atom stereocenters. The molecule has 2 rings (SSSR count). The number of carbonyl (C=O) groups excluding carboxylic acids is 1. The van der Waals surface area contributed by atoms with Crippen LogP contribution in [0.2, 0.25) is 0 Å². The van der Waals surface area contributed by atoms with Gasteiger partial charge in [0.1, 0.15) is 5.69 Å². The minimum atomic E-state index is -4.55. The maximum atomic E-state index is 12.7. The highest BCUT2D eigenvalue weighted by atomic mass is 19.4. The zero-order valence-corrected chi connectivity index (χ0v) is 13.3. The number of nitrogens with zero attached hydrogens (tertiary/aromatic N) is 2. The number of aromatic nitrogens is 1. The Morgan fingerprint density at radius 3 is 2.62 bits per heavy atom. The number of carboxylic acids is 1. The third kappa shape index (κ3) is 4.24. The molecule has 0 bridgehead atoms. The number of alkyl halides is 3. The number of likely N-dealkylation sites (tertiary alicyclic amines) is 1. The summed E-state index contributed by atoms with van der Waals surface area (Å²) in [6.45, 7) is 1.85. The zero-order valence-electron chi connectivity index (χ0n) is 13.3. The summed E-state index contributed by atoms with van der Waals surface area (Å²) in [5.41, 5.74) is -0.875. The first-order valence-corrected chi connectivity index (χ1v) is 7.77. The van der Waals surface area contributed by atoms with Crippen molar-refractivity contribution >= 4 is 11.9 Å². The summed E-state index contributed by atoms with van der Waals surface area (Å²) < 4.78 is 38.0. The number of piperidine rings is 1. The van der Waals surface area contributed by atoms with Crippen molar-refractivity contribution in [2.45, 2.75) is 51.2 Å². The average Bonchev–Trinajstić information content (AvgIpc) is 2.51. The molecule has 8 heteroatoms. The van der Waals surface area contributed by atoms with Crippen molar-refractivity contribution in [1.29, 1.82) is 0 Å². The number of carboxylic acid groups (broad SMARTS) is 1. The van der Waals surface area contributed by atoms with Crippen molar-refractivity contribution in [3.05, 3.63) is 29.1 Å². The van der Waals surface area contributed by atoms with Crippen LogP contribution in [-0.2, 0) is 11.0 Å². The van der Waals surface area contributed by atoms with Gasteiger partial charge in [-0.15, -0.1) is 0 Å². The molecule has 0 radical (unpaired) electrons. The summed E-state index contributed by atoms with van der Waals surface area (Å²) in [5, 5.41) is 8.82. The van der Waals surface area contributed by atoms with Crippen LogP contribution in [0.5, 0.6) is 0 Å². The molecule has 1 aromatic heterocycles. The molecule has 1 fully saturated rings. The number of hydrogen-bond acceptors (Lipinski definition) is 3. The fourth-order valence-electron chi connectivity index (χ4n) is 2.96. The monoisotopic (exact) mass is 344 g/mol. The van der Waals surface area contributed by atoms with Gasteiger partial charge in [0.2, 0.25) is 0 Å². The smallest absolute Gasteiger partial charge is 0.433 e. The second kappa shape index (κ2) is 7.19. The van der Waals surface area contributed by atoms with Gasteiger partial charge in [0, 0.05) is 19.0 Å². The molecule has 1 aliphatic rings. The quantitative estimate of drug-likeness (QED) is 0.910. The molecule has 0 aliphatic carbocycles. The second-order valence-electron chi connectivity index (χ2n) is 5.91. The molecule has 1 N–H and O–H groups in total. The van der Waals surface area contributed by atoms with Crippen LogP contribution in [-0.4, -0.2) is 39.5 Å². The van der Waals surface area contributed by atoms with E-state index >= 15 is 0 Å². The van der Waals surface area contributed by atoms with Crippen LogP contribution in [0.1, 0.15) is 53.8 Å². The van der Waals surface area contributed by atoms with Gasteiger partial charge in [0.05, 0.1) is 11.3 Å². The number of halogens is 3. The number of carbonyl (C=O) groups is 2. The molecular weight excluding hydrogens is 325 g/mol. The largest absolute Gasteiger partial charge is 0.481 e. The van der Waals surface area contributed by atoms with Crippen molar-refractivity contribution < 1.29 is 27.9 Å². The van der Waals surface area contributed by atoms with Gasteiger partial charge in [0.15, 0.2) is 0 Å². The number of rotatable bonds is 4. The molecule has 0 aromatic carbocycles. The SMILES string of the molecule is Cc1nc(C(F)(F)F)ccc1C(=O)N1CCCC[C@@H]1CCC(=O)O. The molecule has 1 aromatic rings. The lowest BCUT2D eigenvalue weighted by atomic mass is 9.96. The molecule has 2 heterocycles. The number of aliphatic carboxylic acids is 1. The Morgan fingerprint density at radius 1 is 1.33 bits per heavy atom. The highest BCUT2D eigenvalue weighted by Crippen LogP contribution is 2.29. The van der Waals surface area contributed by atoms with E-state index in [9.17, 15) is 22.8 Å². The Bertz CT molecular complexity index is 631. The Labute approximate surface area is 137 Å². The fourth-order valence-corrected chi connectivity index (χ4v) is 2.96. The molecule has 1 aliphatic heterocycles. The van der Waals surface area contributed by atoms with Gasteiger partial charge in [-0.1, -0.05) is 0 Å². The Morgan fingerprint density at radius 2 is 2.04 bits per heavy atom. The summed E-state index contributed by atoms with van der Waals surface area (Å²) in [6.07, 6.45) is -1.86. The molecule has 132 valence electrons. The van der Waals surface area contributed by atoms with E-state index < -0.39 is 17.8 Å². The van der Waals surface area contributed by atoms with Crippen LogP contribution >= 0.6 is 0 Å². The van der Waals surface area contributed by atoms with Gasteiger partial charge in [0.25, 0.3) is 5.91 Å². The first-order chi connectivity index (χ1) is 11.2. The third-order valence-corrected chi connectivity index (χ3v) is 4.19. The Balaban J connectivity index is 2.21. The van der Waals surface area contributed by atoms with Gasteiger partial charge >= 0.3 is 12.1 Å². The summed E-state index contributed by atoms with van der Waals surface area (Å²) >= 11 is 0. The second-order valence-corrected chi connectivity index (χ2v) is 5.91. The molecule has 5 nitrogen and oxygen atoms in total. The van der Waals surface area contributed by atoms with Crippen molar-refractivity contribution in [3.8, 4) is 0 Å². The molecule has 1 saturated heterocycles. The van der Waals surface area contributed by atoms with Crippen LogP contribution in [0.4, 0.5) is 13.2 Å². The minimum Gasteiger partial charge on any atom is -0.481 e. The third-order valence-electron chi connectivity index (χ3n) is 4.19. The minimum absolute atomic E-state index is 0.0254. The van der Waals surface area contributed by atoms with E-state index in [0.29, 0.717) is 19.4 Å². The van der Waals surface area contributed by atoms with Crippen LogP contribution in [0.25, 0.3) is 0 Å². The summed E-state index contributed by atoms with van der Waals surface area (Å²) in [7, 11) is 0. The van der Waals surface area contributed by atoms with E-state index in [-0.39, 0.29) is 29.6 Å². The normalized spacial score (nSPS) is 18.5. The lowest BCUT2D eigenvalue weighted by molar-refractivity contribution is -0.141. The van der Waals surface area contributed by atoms with Crippen molar-refractivity contribution in [2.24, 2.45) is 0 Å². The van der Waals surface area contributed by atoms with Crippen molar-refractivity contribution in [1.82, 2.24) is 9.88 Å². The van der Waals surface area contributed by atoms with Crippen LogP contribution < -0.4 is 0 Å². The van der Waals surface area contributed by atoms with Crippen LogP contribution in [0.15, 0.2) is 12.1 Å². The highest BCUT2D eigenvalue weighted by molar-refractivity contribution is 5.95. The Hall–Kier alpha value is -2.12. The van der Waals surface area contributed by atoms with Gasteiger partial charge in [-0.2, -0.15) is 13.2 Å². The topological polar surface area (TPSA) is 70.5 Å². The standard InChI is InChI=1S/C16H19F3N2O3/c1-10-12(6-7-13(20-10)16(17,18)19)15(24)21-9-3-2-4-11(21)5-8-14(22)23/h6-7,11H,2-5,8-9H2,1H3,(H,22,23)/t11-/m1/s1. The number of amides is 1. The predicted octanol–water partition coefficient (Wildman–Crippen LogP) is 3.27. The summed E-state index contributed by atoms with van der Waals surface area (Å²) in [4.78, 5) is 28.5. The van der Waals surface area contributed by atoms with Gasteiger partial charge in [-0.25, -0.2) is 4.98 Å². The molecule has 1 atom stereocenters. The molecule has 24 heavy (non-hydrogen) atoms. The highest BCUT2D eigenvalue weighted by Gasteiger charge is 2.34. The van der Waals surface area contributed by atoms with E-state index in [1.54, 1.807) is 4.90 Å². The first kappa shape index (κ1) is 18.2. The van der Waals surface area contributed by atoms with E-state index in [0.717, 1.165) is 25.0 Å². The lowest BCUT2D eigenvalue weighted by Crippen LogP contribution is -2.44. The predicted molar refractivity (Wildman–Crippen MR) is 79.5 cm³/mol. The van der Waals surface area contributed by atoms with Crippen molar-refractivity contribution in [2.75, 3.05) is 6.54 Å². The zero-order chi connectivity index (χ0) is 17.9. The number of pyridine rings is 1. The number of hydrogen-bond donors (Lipinski definition) is 1. The number of aryl methyl sites for hydroxylation is 1. The van der Waals surface area contributed by atoms with E-state index in [1.165, 1.54) is 6.92 Å². The van der Waals surface area contributed by atoms with Gasteiger partial charge in [-0.05, 0) is 44.7 Å². The van der Waals surface area contributed by atoms with Gasteiger partial charge in [-0.3, -0.25) is 9.59 Å². The fraction of sp³-hybridized carbons (Fsp3) is 0.562. The Kier molecular flexibility index (Phi) is 5.46. The van der Waals surface area contributed by atoms with Crippen LogP contribution in [0, 0.1) is 6.92 Å². The summed E-state index contributed by atoms with van der Waals surface area (Å²) in [5.74, 6) is -1.32. The molecule has 1 amide bonds. The maximum absolute atomic E-state index is 12.7. The molecule has 0 saturated carbocycles. The van der Waals surface area contributed by atoms with Crippen LogP contribution in [0.3, 0.4) is 0 Å². The van der Waals surface area contributed by atoms with Gasteiger partial charge < -0.3 is 10.0 Å². The average molecular weight is 344 g/mol. The van der Waals surface area contributed by atoms with E-state index in [2.05, 4.69) is 4.98 Å².